The van der Waals surface area contributed by atoms with E-state index in [0.29, 0.717) is 19.6 Å². The summed E-state index contributed by atoms with van der Waals surface area (Å²) in [6, 6.07) is -0.840. The van der Waals surface area contributed by atoms with Crippen LogP contribution in [0, 0.1) is 0 Å². The lowest BCUT2D eigenvalue weighted by atomic mass is 10.1. The van der Waals surface area contributed by atoms with Crippen molar-refractivity contribution in [1.82, 2.24) is 4.90 Å². The number of carboxylic acid groups (broad SMARTS) is 1. The predicted octanol–water partition coefficient (Wildman–Crippen LogP) is 0.849. The van der Waals surface area contributed by atoms with Crippen molar-refractivity contribution in [2.45, 2.75) is 44.4 Å². The first-order chi connectivity index (χ1) is 7.72. The minimum absolute atomic E-state index is 0.304. The Balaban J connectivity index is 2.08. The molecule has 6 nitrogen and oxygen atoms in total. The van der Waals surface area contributed by atoms with Crippen LogP contribution in [0.5, 0.6) is 0 Å². The highest BCUT2D eigenvalue weighted by atomic mass is 16.6. The monoisotopic (exact) mass is 243 g/mol. The van der Waals surface area contributed by atoms with E-state index in [1.807, 2.05) is 0 Å². The first-order valence-electron chi connectivity index (χ1n) is 5.59. The second-order valence-electron chi connectivity index (χ2n) is 5.64. The average molecular weight is 243 g/mol. The van der Waals surface area contributed by atoms with Gasteiger partial charge < -0.3 is 14.6 Å². The molecule has 2 heterocycles. The highest BCUT2D eigenvalue weighted by Gasteiger charge is 2.58. The van der Waals surface area contributed by atoms with E-state index in [9.17, 15) is 9.59 Å². The quantitative estimate of drug-likeness (QED) is 0.691. The number of hydrogen-bond donors (Lipinski definition) is 1. The first-order valence-corrected chi connectivity index (χ1v) is 5.59. The van der Waals surface area contributed by atoms with E-state index in [1.165, 1.54) is 4.90 Å². The van der Waals surface area contributed by atoms with Crippen LogP contribution in [-0.2, 0) is 14.3 Å². The van der Waals surface area contributed by atoms with Gasteiger partial charge in [-0.05, 0) is 20.8 Å². The largest absolute Gasteiger partial charge is 0.480 e. The number of hydrogen-bond acceptors (Lipinski definition) is 4. The van der Waals surface area contributed by atoms with Gasteiger partial charge in [-0.2, -0.15) is 0 Å². The molecule has 2 fully saturated rings. The van der Waals surface area contributed by atoms with Gasteiger partial charge in [0, 0.05) is 6.42 Å². The normalized spacial score (nSPS) is 31.7. The summed E-state index contributed by atoms with van der Waals surface area (Å²) in [6.45, 7) is 6.08. The van der Waals surface area contributed by atoms with Crippen LogP contribution in [0.2, 0.25) is 0 Å². The van der Waals surface area contributed by atoms with Crippen molar-refractivity contribution >= 4 is 12.1 Å². The molecule has 0 aromatic carbocycles. The lowest BCUT2D eigenvalue weighted by Gasteiger charge is -2.26. The van der Waals surface area contributed by atoms with E-state index in [0.717, 1.165) is 0 Å². The van der Waals surface area contributed by atoms with Crippen molar-refractivity contribution in [2.75, 3.05) is 13.2 Å². The topological polar surface area (TPSA) is 79.4 Å². The standard InChI is InChI=1S/C11H17NO5/c1-10(2,3)17-9(15)12-5-11(6-16-11)4-7(12)8(13)14/h7H,4-6H2,1-3H3,(H,13,14)/t7-,11+/m0/s1. The van der Waals surface area contributed by atoms with Gasteiger partial charge in [-0.3, -0.25) is 4.90 Å². The Morgan fingerprint density at radius 3 is 2.47 bits per heavy atom. The van der Waals surface area contributed by atoms with Crippen LogP contribution in [0.3, 0.4) is 0 Å². The zero-order chi connectivity index (χ0) is 12.8. The molecule has 2 aliphatic heterocycles. The fraction of sp³-hybridized carbons (Fsp3) is 0.818. The van der Waals surface area contributed by atoms with E-state index >= 15 is 0 Å². The van der Waals surface area contributed by atoms with Crippen LogP contribution < -0.4 is 0 Å². The second kappa shape index (κ2) is 3.60. The summed E-state index contributed by atoms with van der Waals surface area (Å²) in [5.74, 6) is -1.01. The molecule has 0 aromatic heterocycles. The highest BCUT2D eigenvalue weighted by molar-refractivity contribution is 5.81. The summed E-state index contributed by atoms with van der Waals surface area (Å²) in [6.07, 6.45) is -0.237. The molecule has 0 unspecified atom stereocenters. The molecule has 2 rings (SSSR count). The molecule has 0 radical (unpaired) electrons. The maximum Gasteiger partial charge on any atom is 0.411 e. The Morgan fingerprint density at radius 1 is 1.47 bits per heavy atom. The molecule has 6 heteroatoms. The Morgan fingerprint density at radius 2 is 2.06 bits per heavy atom. The maximum absolute atomic E-state index is 11.9. The zero-order valence-electron chi connectivity index (χ0n) is 10.2. The number of nitrogens with zero attached hydrogens (tertiary/aromatic N) is 1. The SMILES string of the molecule is CC(C)(C)OC(=O)N1C[C@@]2(CO2)C[C@H]1C(=O)O. The lowest BCUT2D eigenvalue weighted by molar-refractivity contribution is -0.142. The zero-order valence-corrected chi connectivity index (χ0v) is 10.2. The summed E-state index contributed by atoms with van der Waals surface area (Å²) in [5, 5.41) is 9.09. The van der Waals surface area contributed by atoms with Crippen LogP contribution in [0.15, 0.2) is 0 Å². The van der Waals surface area contributed by atoms with Crippen LogP contribution >= 0.6 is 0 Å². The molecule has 2 saturated heterocycles. The molecule has 0 aromatic rings. The number of ether oxygens (including phenoxy) is 2. The fourth-order valence-corrected chi connectivity index (χ4v) is 1.99. The van der Waals surface area contributed by atoms with Crippen molar-refractivity contribution in [3.63, 3.8) is 0 Å². The Bertz CT molecular complexity index is 355. The van der Waals surface area contributed by atoms with Gasteiger partial charge in [0.05, 0.1) is 13.2 Å². The van der Waals surface area contributed by atoms with Crippen LogP contribution in [-0.4, -0.2) is 52.5 Å². The minimum Gasteiger partial charge on any atom is -0.480 e. The van der Waals surface area contributed by atoms with Crippen molar-refractivity contribution in [3.8, 4) is 0 Å². The Hall–Kier alpha value is -1.30. The molecule has 2 aliphatic rings. The molecule has 0 bridgehead atoms. The van der Waals surface area contributed by atoms with Crippen molar-refractivity contribution < 1.29 is 24.2 Å². The molecule has 2 atom stereocenters. The second-order valence-corrected chi connectivity index (χ2v) is 5.64. The molecule has 1 N–H and O–H groups in total. The van der Waals surface area contributed by atoms with Crippen LogP contribution in [0.4, 0.5) is 4.79 Å². The third kappa shape index (κ3) is 2.52. The Kier molecular flexibility index (Phi) is 2.57. The summed E-state index contributed by atoms with van der Waals surface area (Å²) >= 11 is 0. The fourth-order valence-electron chi connectivity index (χ4n) is 1.99. The van der Waals surface area contributed by atoms with E-state index in [2.05, 4.69) is 0 Å². The number of carbonyl (C=O) groups excluding carboxylic acids is 1. The van der Waals surface area contributed by atoms with Gasteiger partial charge in [-0.1, -0.05) is 0 Å². The van der Waals surface area contributed by atoms with E-state index in [4.69, 9.17) is 14.6 Å². The first kappa shape index (κ1) is 12.2. The van der Waals surface area contributed by atoms with E-state index < -0.39 is 29.3 Å². The Labute approximate surface area is 99.5 Å². The number of rotatable bonds is 1. The third-order valence-corrected chi connectivity index (χ3v) is 2.87. The molecular weight excluding hydrogens is 226 g/mol. The number of epoxide rings is 1. The molecule has 0 aliphatic carbocycles. The highest BCUT2D eigenvalue weighted by Crippen LogP contribution is 2.40. The molecule has 1 amide bonds. The summed E-state index contributed by atoms with van der Waals surface area (Å²) in [4.78, 5) is 24.2. The average Bonchev–Trinajstić information content (AvgIpc) is 2.73. The number of aliphatic carboxylic acids is 1. The minimum atomic E-state index is -1.01. The van der Waals surface area contributed by atoms with E-state index in [1.54, 1.807) is 20.8 Å². The van der Waals surface area contributed by atoms with Gasteiger partial charge in [-0.25, -0.2) is 9.59 Å². The van der Waals surface area contributed by atoms with Crippen LogP contribution in [0.1, 0.15) is 27.2 Å². The predicted molar refractivity (Wildman–Crippen MR) is 57.7 cm³/mol. The van der Waals surface area contributed by atoms with E-state index in [-0.39, 0.29) is 0 Å². The van der Waals surface area contributed by atoms with Crippen molar-refractivity contribution in [3.05, 3.63) is 0 Å². The molecule has 96 valence electrons. The summed E-state index contributed by atoms with van der Waals surface area (Å²) < 4.78 is 10.4. The molecule has 0 saturated carbocycles. The number of carbonyl (C=O) groups is 2. The van der Waals surface area contributed by atoms with Crippen molar-refractivity contribution in [1.29, 1.82) is 0 Å². The van der Waals surface area contributed by atoms with Crippen LogP contribution in [0.25, 0.3) is 0 Å². The third-order valence-electron chi connectivity index (χ3n) is 2.87. The summed E-state index contributed by atoms with van der Waals surface area (Å²) in [5.41, 5.74) is -1.06. The van der Waals surface area contributed by atoms with Gasteiger partial charge in [0.25, 0.3) is 0 Å². The summed E-state index contributed by atoms with van der Waals surface area (Å²) in [7, 11) is 0. The smallest absolute Gasteiger partial charge is 0.411 e. The van der Waals surface area contributed by atoms with Gasteiger partial charge >= 0.3 is 12.1 Å². The molecule has 1 spiro atoms. The maximum atomic E-state index is 11.9. The van der Waals surface area contributed by atoms with Gasteiger partial charge in [0.1, 0.15) is 17.2 Å². The number of likely N-dealkylation sites (tertiary alicyclic amines) is 1. The van der Waals surface area contributed by atoms with Gasteiger partial charge in [-0.15, -0.1) is 0 Å². The van der Waals surface area contributed by atoms with Crippen molar-refractivity contribution in [2.24, 2.45) is 0 Å². The van der Waals surface area contributed by atoms with Gasteiger partial charge in [0.2, 0.25) is 0 Å². The molecular formula is C11H17NO5. The van der Waals surface area contributed by atoms with Gasteiger partial charge in [0.15, 0.2) is 0 Å². The number of amides is 1. The molecule has 17 heavy (non-hydrogen) atoms. The number of carboxylic acids is 1. The lowest BCUT2D eigenvalue weighted by Crippen LogP contribution is -2.43.